The van der Waals surface area contributed by atoms with E-state index in [2.05, 4.69) is 15.5 Å². The van der Waals surface area contributed by atoms with Gasteiger partial charge in [0.2, 0.25) is 0 Å². The molecule has 6 heteroatoms. The highest BCUT2D eigenvalue weighted by atomic mass is 16.5. The van der Waals surface area contributed by atoms with E-state index in [0.717, 1.165) is 19.4 Å². The van der Waals surface area contributed by atoms with Gasteiger partial charge in [0.05, 0.1) is 6.10 Å². The van der Waals surface area contributed by atoms with Crippen molar-refractivity contribution in [2.24, 2.45) is 0 Å². The average molecular weight is 252 g/mol. The van der Waals surface area contributed by atoms with Gasteiger partial charge in [0.25, 0.3) is 5.91 Å². The van der Waals surface area contributed by atoms with Gasteiger partial charge in [0, 0.05) is 13.2 Å². The Morgan fingerprint density at radius 2 is 2.17 bits per heavy atom. The zero-order valence-electron chi connectivity index (χ0n) is 10.8. The molecule has 0 unspecified atom stereocenters. The normalized spacial score (nSPS) is 10.6. The van der Waals surface area contributed by atoms with Crippen LogP contribution >= 0.6 is 0 Å². The maximum atomic E-state index is 11.6. The fraction of sp³-hybridized carbons (Fsp3) is 0.583. The summed E-state index contributed by atoms with van der Waals surface area (Å²) in [5, 5.41) is 10.1. The molecular weight excluding hydrogens is 232 g/mol. The van der Waals surface area contributed by atoms with Crippen LogP contribution < -0.4 is 11.1 Å². The molecule has 0 fully saturated rings. The molecule has 6 nitrogen and oxygen atoms in total. The molecule has 0 radical (unpaired) electrons. The molecule has 0 saturated heterocycles. The van der Waals surface area contributed by atoms with Crippen molar-refractivity contribution in [2.75, 3.05) is 18.9 Å². The van der Waals surface area contributed by atoms with Gasteiger partial charge < -0.3 is 15.8 Å². The van der Waals surface area contributed by atoms with Gasteiger partial charge in [-0.2, -0.15) is 0 Å². The maximum Gasteiger partial charge on any atom is 0.271 e. The van der Waals surface area contributed by atoms with Gasteiger partial charge in [-0.15, -0.1) is 10.2 Å². The Hall–Kier alpha value is -1.69. The first-order chi connectivity index (χ1) is 8.59. The van der Waals surface area contributed by atoms with E-state index in [4.69, 9.17) is 10.5 Å². The molecule has 0 atom stereocenters. The quantitative estimate of drug-likeness (QED) is 0.706. The number of aromatic nitrogens is 2. The van der Waals surface area contributed by atoms with Crippen molar-refractivity contribution >= 4 is 11.7 Å². The summed E-state index contributed by atoms with van der Waals surface area (Å²) in [5.41, 5.74) is 5.67. The minimum absolute atomic E-state index is 0.229. The molecule has 100 valence electrons. The van der Waals surface area contributed by atoms with Crippen LogP contribution in [0.1, 0.15) is 37.2 Å². The topological polar surface area (TPSA) is 90.1 Å². The lowest BCUT2D eigenvalue weighted by Crippen LogP contribution is -2.26. The van der Waals surface area contributed by atoms with Crippen LogP contribution in [0.4, 0.5) is 5.82 Å². The van der Waals surface area contributed by atoms with Crippen molar-refractivity contribution in [1.82, 2.24) is 15.5 Å². The van der Waals surface area contributed by atoms with E-state index < -0.39 is 0 Å². The third kappa shape index (κ3) is 5.58. The SMILES string of the molecule is CC(C)OCCCCNC(=O)c1ccc(N)nn1. The summed E-state index contributed by atoms with van der Waals surface area (Å²) in [7, 11) is 0. The van der Waals surface area contributed by atoms with E-state index in [9.17, 15) is 4.79 Å². The molecule has 1 amide bonds. The number of nitrogens with zero attached hydrogens (tertiary/aromatic N) is 2. The number of nitrogens with one attached hydrogen (secondary N) is 1. The Bertz CT molecular complexity index is 365. The summed E-state index contributed by atoms with van der Waals surface area (Å²) in [4.78, 5) is 11.6. The summed E-state index contributed by atoms with van der Waals surface area (Å²) >= 11 is 0. The van der Waals surface area contributed by atoms with Gasteiger partial charge in [-0.3, -0.25) is 4.79 Å². The Balaban J connectivity index is 2.16. The van der Waals surface area contributed by atoms with Gasteiger partial charge >= 0.3 is 0 Å². The summed E-state index contributed by atoms with van der Waals surface area (Å²) < 4.78 is 5.40. The van der Waals surface area contributed by atoms with Crippen LogP contribution in [0.15, 0.2) is 12.1 Å². The number of nitrogen functional groups attached to an aromatic ring is 1. The average Bonchev–Trinajstić information content (AvgIpc) is 2.34. The highest BCUT2D eigenvalue weighted by molar-refractivity contribution is 5.92. The monoisotopic (exact) mass is 252 g/mol. The van der Waals surface area contributed by atoms with E-state index >= 15 is 0 Å². The van der Waals surface area contributed by atoms with Crippen LogP contribution in [0, 0.1) is 0 Å². The predicted octanol–water partition coefficient (Wildman–Crippen LogP) is 0.994. The number of carbonyl (C=O) groups excluding carboxylic acids is 1. The first-order valence-corrected chi connectivity index (χ1v) is 6.08. The third-order valence-electron chi connectivity index (χ3n) is 2.23. The largest absolute Gasteiger partial charge is 0.382 e. The molecule has 18 heavy (non-hydrogen) atoms. The molecule has 1 heterocycles. The van der Waals surface area contributed by atoms with Crippen LogP contribution in [0.3, 0.4) is 0 Å². The van der Waals surface area contributed by atoms with Crippen molar-refractivity contribution in [3.63, 3.8) is 0 Å². The molecule has 3 N–H and O–H groups in total. The van der Waals surface area contributed by atoms with Crippen LogP contribution in [-0.2, 0) is 4.74 Å². The van der Waals surface area contributed by atoms with Crippen molar-refractivity contribution in [2.45, 2.75) is 32.8 Å². The Morgan fingerprint density at radius 3 is 2.78 bits per heavy atom. The lowest BCUT2D eigenvalue weighted by molar-refractivity contribution is 0.0754. The number of anilines is 1. The van der Waals surface area contributed by atoms with Crippen molar-refractivity contribution < 1.29 is 9.53 Å². The summed E-state index contributed by atoms with van der Waals surface area (Å²) in [5.74, 6) is 0.0738. The zero-order valence-corrected chi connectivity index (χ0v) is 10.8. The van der Waals surface area contributed by atoms with Crippen molar-refractivity contribution in [1.29, 1.82) is 0 Å². The van der Waals surface area contributed by atoms with Crippen LogP contribution in [-0.4, -0.2) is 35.4 Å². The van der Waals surface area contributed by atoms with E-state index in [1.54, 1.807) is 12.1 Å². The van der Waals surface area contributed by atoms with Crippen LogP contribution in [0.25, 0.3) is 0 Å². The van der Waals surface area contributed by atoms with Gasteiger partial charge in [-0.05, 0) is 38.8 Å². The van der Waals surface area contributed by atoms with E-state index in [1.165, 1.54) is 0 Å². The summed E-state index contributed by atoms with van der Waals surface area (Å²) in [6.45, 7) is 5.32. The number of ether oxygens (including phenoxy) is 1. The molecule has 0 aliphatic rings. The first kappa shape index (κ1) is 14.4. The number of amides is 1. The van der Waals surface area contributed by atoms with Gasteiger partial charge in [-0.1, -0.05) is 0 Å². The second-order valence-electron chi connectivity index (χ2n) is 4.23. The highest BCUT2D eigenvalue weighted by Crippen LogP contribution is 1.98. The number of unbranched alkanes of at least 4 members (excludes halogenated alkanes) is 1. The van der Waals surface area contributed by atoms with E-state index in [0.29, 0.717) is 12.4 Å². The number of hydrogen-bond donors (Lipinski definition) is 2. The molecule has 0 aliphatic heterocycles. The molecule has 0 aromatic carbocycles. The lowest BCUT2D eigenvalue weighted by atomic mass is 10.3. The fourth-order valence-corrected chi connectivity index (χ4v) is 1.30. The Kier molecular flexibility index (Phi) is 6.07. The van der Waals surface area contributed by atoms with Crippen molar-refractivity contribution in [3.05, 3.63) is 17.8 Å². The van der Waals surface area contributed by atoms with Crippen molar-refractivity contribution in [3.8, 4) is 0 Å². The minimum Gasteiger partial charge on any atom is -0.382 e. The third-order valence-corrected chi connectivity index (χ3v) is 2.23. The van der Waals surface area contributed by atoms with Crippen LogP contribution in [0.2, 0.25) is 0 Å². The minimum atomic E-state index is -0.229. The number of hydrogen-bond acceptors (Lipinski definition) is 5. The molecule has 0 saturated carbocycles. The lowest BCUT2D eigenvalue weighted by Gasteiger charge is -2.07. The molecule has 1 rings (SSSR count). The molecule has 0 aliphatic carbocycles. The molecular formula is C12H20N4O2. The van der Waals surface area contributed by atoms with Gasteiger partial charge in [-0.25, -0.2) is 0 Å². The molecule has 1 aromatic heterocycles. The highest BCUT2D eigenvalue weighted by Gasteiger charge is 2.06. The second-order valence-corrected chi connectivity index (χ2v) is 4.23. The number of nitrogens with two attached hydrogens (primary N) is 1. The molecule has 0 bridgehead atoms. The predicted molar refractivity (Wildman–Crippen MR) is 69.1 cm³/mol. The van der Waals surface area contributed by atoms with Gasteiger partial charge in [0.1, 0.15) is 5.82 Å². The van der Waals surface area contributed by atoms with E-state index in [-0.39, 0.29) is 17.7 Å². The maximum absolute atomic E-state index is 11.6. The van der Waals surface area contributed by atoms with Gasteiger partial charge in [0.15, 0.2) is 5.69 Å². The summed E-state index contributed by atoms with van der Waals surface area (Å²) in [6.07, 6.45) is 2.05. The number of carbonyl (C=O) groups is 1. The first-order valence-electron chi connectivity index (χ1n) is 6.08. The zero-order chi connectivity index (χ0) is 13.4. The van der Waals surface area contributed by atoms with E-state index in [1.807, 2.05) is 13.8 Å². The Labute approximate surface area is 107 Å². The standard InChI is InChI=1S/C12H20N4O2/c1-9(2)18-8-4-3-7-14-12(17)10-5-6-11(13)16-15-10/h5-6,9H,3-4,7-8H2,1-2H3,(H2,13,16)(H,14,17). The van der Waals surface area contributed by atoms with Crippen LogP contribution in [0.5, 0.6) is 0 Å². The Morgan fingerprint density at radius 1 is 1.39 bits per heavy atom. The smallest absolute Gasteiger partial charge is 0.271 e. The number of rotatable bonds is 7. The second kappa shape index (κ2) is 7.60. The fourth-order valence-electron chi connectivity index (χ4n) is 1.30. The molecule has 0 spiro atoms. The summed E-state index contributed by atoms with van der Waals surface area (Å²) in [6, 6.07) is 3.11. The molecule has 1 aromatic rings.